The van der Waals surface area contributed by atoms with Gasteiger partial charge in [-0.1, -0.05) is 82.3 Å². The third kappa shape index (κ3) is 8.83. The number of ether oxygens (including phenoxy) is 5. The number of nitrogens with zero attached hydrogens (tertiary/aromatic N) is 1. The number of carbonyl (C=O) groups excluding carboxylic acids is 4. The first-order chi connectivity index (χ1) is 25.9. The number of ketones is 2. The van der Waals surface area contributed by atoms with Crippen molar-refractivity contribution in [1.82, 2.24) is 10.2 Å². The van der Waals surface area contributed by atoms with E-state index >= 15 is 0 Å². The molecular formula is C43H60N2O10. The van der Waals surface area contributed by atoms with E-state index in [0.29, 0.717) is 6.42 Å². The van der Waals surface area contributed by atoms with Crippen molar-refractivity contribution < 1.29 is 48.0 Å². The van der Waals surface area contributed by atoms with Crippen molar-refractivity contribution in [3.63, 3.8) is 0 Å². The zero-order valence-corrected chi connectivity index (χ0v) is 33.9. The first-order valence-corrected chi connectivity index (χ1v) is 19.6. The fourth-order valence-electron chi connectivity index (χ4n) is 8.94. The number of alkyl carbamates (subject to hydrolysis) is 1. The average Bonchev–Trinajstić information content (AvgIpc) is 3.47. The van der Waals surface area contributed by atoms with Gasteiger partial charge < -0.3 is 39.0 Å². The largest absolute Gasteiger partial charge is 0.458 e. The van der Waals surface area contributed by atoms with Gasteiger partial charge in [-0.05, 0) is 77.4 Å². The van der Waals surface area contributed by atoms with E-state index in [-0.39, 0.29) is 37.4 Å². The van der Waals surface area contributed by atoms with Crippen LogP contribution in [0.15, 0.2) is 48.5 Å². The van der Waals surface area contributed by atoms with Crippen molar-refractivity contribution in [2.24, 2.45) is 23.7 Å². The molecule has 0 spiro atoms. The van der Waals surface area contributed by atoms with Gasteiger partial charge in [-0.2, -0.15) is 0 Å². The van der Waals surface area contributed by atoms with E-state index in [0.717, 1.165) is 16.3 Å². The summed E-state index contributed by atoms with van der Waals surface area (Å²) in [5.41, 5.74) is -1.72. The Kier molecular flexibility index (Phi) is 13.3. The highest BCUT2D eigenvalue weighted by Gasteiger charge is 2.57. The Bertz CT molecular complexity index is 1740. The molecule has 2 aromatic rings. The van der Waals surface area contributed by atoms with Crippen molar-refractivity contribution >= 4 is 40.5 Å². The molecule has 1 unspecified atom stereocenters. The first kappa shape index (κ1) is 42.5. The number of nitrogens with one attached hydrogen (secondary N) is 1. The number of likely N-dealkylation sites (N-methyl/N-ethyl adjacent to an activating group) is 1. The Balaban J connectivity index is 1.57. The lowest BCUT2D eigenvalue weighted by Gasteiger charge is -2.47. The molecule has 0 bridgehead atoms. The van der Waals surface area contributed by atoms with Crippen molar-refractivity contribution in [1.29, 1.82) is 0 Å². The molecule has 2 aromatic carbocycles. The number of benzene rings is 2. The van der Waals surface area contributed by atoms with Crippen LogP contribution in [0.1, 0.15) is 80.2 Å². The minimum Gasteiger partial charge on any atom is -0.458 e. The molecule has 0 radical (unpaired) electrons. The molecule has 13 atom stereocenters. The number of hydrogen-bond donors (Lipinski definition) is 2. The van der Waals surface area contributed by atoms with E-state index in [2.05, 4.69) is 11.4 Å². The van der Waals surface area contributed by atoms with Crippen LogP contribution in [0.25, 0.3) is 16.8 Å². The summed E-state index contributed by atoms with van der Waals surface area (Å²) in [6.45, 7) is 13.9. The van der Waals surface area contributed by atoms with Crippen molar-refractivity contribution in [2.75, 3.05) is 20.7 Å². The molecule has 3 aliphatic heterocycles. The lowest BCUT2D eigenvalue weighted by molar-refractivity contribution is -0.296. The maximum absolute atomic E-state index is 14.4. The van der Waals surface area contributed by atoms with Gasteiger partial charge in [0.1, 0.15) is 23.9 Å². The van der Waals surface area contributed by atoms with Crippen molar-refractivity contribution in [3.8, 4) is 0 Å². The number of cyclic esters (lactones) is 1. The molecule has 302 valence electrons. The van der Waals surface area contributed by atoms with E-state index < -0.39 is 83.4 Å². The fourth-order valence-corrected chi connectivity index (χ4v) is 8.94. The van der Waals surface area contributed by atoms with Crippen LogP contribution in [0.5, 0.6) is 0 Å². The van der Waals surface area contributed by atoms with E-state index in [1.165, 1.54) is 6.92 Å². The molecule has 55 heavy (non-hydrogen) atoms. The molecule has 0 aliphatic carbocycles. The number of aliphatic hydroxyl groups excluding tert-OH is 1. The molecule has 1 amide bonds. The van der Waals surface area contributed by atoms with E-state index in [1.807, 2.05) is 74.5 Å². The van der Waals surface area contributed by atoms with Crippen LogP contribution in [0.4, 0.5) is 4.79 Å². The number of fused-ring (bicyclic) bond motifs is 2. The number of aliphatic hydroxyl groups is 1. The number of amides is 1. The highest BCUT2D eigenvalue weighted by molar-refractivity contribution is 6.00. The fraction of sp³-hybridized carbons (Fsp3) is 0.628. The van der Waals surface area contributed by atoms with Gasteiger partial charge >= 0.3 is 12.1 Å². The molecule has 0 aromatic heterocycles. The monoisotopic (exact) mass is 764 g/mol. The lowest BCUT2D eigenvalue weighted by atomic mass is 9.73. The standard InChI is InChI=1S/C43H60N2O10/c1-11-33-43(8)37(44-41(50)55-43)26(4)34(46)24(2)23-42(7,51-21-15-19-30-18-14-17-29-16-12-13-20-31(29)30)38(27(5)35(47)28(6)39(49)53-33)54-40-36(48)32(45(9)10)22-25(3)52-40/h12-20,24-28,32-33,36-38,40,48H,11,21-23H2,1-10H3,(H,44,50)/b19-15+/t24-,25-,26+,27+,28-,32+,33?,36-,37-,38-,40+,42-,43-/m1/s1. The van der Waals surface area contributed by atoms with Crippen LogP contribution >= 0.6 is 0 Å². The van der Waals surface area contributed by atoms with Crippen LogP contribution in [0, 0.1) is 23.7 Å². The van der Waals surface area contributed by atoms with Gasteiger partial charge in [0.15, 0.2) is 17.7 Å². The number of esters is 1. The second kappa shape index (κ2) is 17.2. The number of rotatable bonds is 8. The summed E-state index contributed by atoms with van der Waals surface area (Å²) in [6.07, 6.45) is -0.458. The predicted molar refractivity (Wildman–Crippen MR) is 208 cm³/mol. The SMILES string of the molecule is CCC1OC(=O)[C@H](C)C(=O)[C@H](C)[C@@H](O[C@@H]2O[C@H](C)C[C@H](N(C)C)[C@H]2O)[C@](C)(OC/C=C/c2cccc3ccccc23)C[C@@H](C)C(=O)[C@H](C)[C@H]2NC(=O)O[C@]12C. The number of carbonyl (C=O) groups is 4. The van der Waals surface area contributed by atoms with Gasteiger partial charge in [-0.15, -0.1) is 0 Å². The summed E-state index contributed by atoms with van der Waals surface area (Å²) in [5.74, 6) is -5.07. The Hall–Kier alpha value is -3.68. The smallest absolute Gasteiger partial charge is 0.408 e. The summed E-state index contributed by atoms with van der Waals surface area (Å²) < 4.78 is 31.5. The molecule has 12 nitrogen and oxygen atoms in total. The van der Waals surface area contributed by atoms with Gasteiger partial charge in [0.2, 0.25) is 0 Å². The van der Waals surface area contributed by atoms with Gasteiger partial charge in [0.25, 0.3) is 0 Å². The summed E-state index contributed by atoms with van der Waals surface area (Å²) in [4.78, 5) is 57.4. The minimum absolute atomic E-state index is 0.0854. The Morgan fingerprint density at radius 2 is 1.65 bits per heavy atom. The summed E-state index contributed by atoms with van der Waals surface area (Å²) in [6, 6.07) is 13.0. The zero-order chi connectivity index (χ0) is 40.4. The van der Waals surface area contributed by atoms with Crippen LogP contribution in [-0.4, -0.2) is 108 Å². The topological polar surface area (TPSA) is 150 Å². The van der Waals surface area contributed by atoms with Gasteiger partial charge in [-0.3, -0.25) is 14.4 Å². The quantitative estimate of drug-likeness (QED) is 0.251. The van der Waals surface area contributed by atoms with Crippen LogP contribution < -0.4 is 5.32 Å². The zero-order valence-electron chi connectivity index (χ0n) is 33.9. The maximum atomic E-state index is 14.4. The second-order valence-electron chi connectivity index (χ2n) is 16.5. The van der Waals surface area contributed by atoms with E-state index in [1.54, 1.807) is 41.5 Å². The third-order valence-electron chi connectivity index (χ3n) is 12.1. The second-order valence-corrected chi connectivity index (χ2v) is 16.5. The molecule has 3 aliphatic rings. The Morgan fingerprint density at radius 1 is 0.964 bits per heavy atom. The maximum Gasteiger partial charge on any atom is 0.408 e. The van der Waals surface area contributed by atoms with E-state index in [9.17, 15) is 24.3 Å². The lowest BCUT2D eigenvalue weighted by Crippen LogP contribution is -2.60. The van der Waals surface area contributed by atoms with Crippen molar-refractivity contribution in [2.45, 2.75) is 129 Å². The molecule has 3 saturated heterocycles. The molecule has 0 saturated carbocycles. The summed E-state index contributed by atoms with van der Waals surface area (Å²) in [5, 5.41) is 16.6. The Labute approximate surface area is 325 Å². The minimum atomic E-state index is -1.37. The van der Waals surface area contributed by atoms with Crippen LogP contribution in [0.2, 0.25) is 0 Å². The first-order valence-electron chi connectivity index (χ1n) is 19.6. The molecule has 2 N–H and O–H groups in total. The van der Waals surface area contributed by atoms with Crippen LogP contribution in [-0.2, 0) is 38.1 Å². The molecule has 3 fully saturated rings. The number of Topliss-reactive ketones (excluding diaryl/α,β-unsaturated/α-hetero) is 2. The predicted octanol–water partition coefficient (Wildman–Crippen LogP) is 5.71. The average molecular weight is 765 g/mol. The molecule has 3 heterocycles. The van der Waals surface area contributed by atoms with Gasteiger partial charge in [-0.25, -0.2) is 4.79 Å². The van der Waals surface area contributed by atoms with E-state index in [4.69, 9.17) is 23.7 Å². The summed E-state index contributed by atoms with van der Waals surface area (Å²) in [7, 11) is 3.75. The molecular weight excluding hydrogens is 704 g/mol. The number of hydrogen-bond acceptors (Lipinski definition) is 11. The summed E-state index contributed by atoms with van der Waals surface area (Å²) >= 11 is 0. The molecule has 12 heteroatoms. The van der Waals surface area contributed by atoms with Crippen LogP contribution in [0.3, 0.4) is 0 Å². The van der Waals surface area contributed by atoms with Crippen molar-refractivity contribution in [3.05, 3.63) is 54.1 Å². The van der Waals surface area contributed by atoms with Gasteiger partial charge in [0.05, 0.1) is 30.5 Å². The third-order valence-corrected chi connectivity index (χ3v) is 12.1. The highest BCUT2D eigenvalue weighted by atomic mass is 16.7. The Morgan fingerprint density at radius 3 is 2.35 bits per heavy atom. The molecule has 5 rings (SSSR count). The van der Waals surface area contributed by atoms with Gasteiger partial charge in [0, 0.05) is 23.8 Å². The normalized spacial score (nSPS) is 38.1. The highest BCUT2D eigenvalue weighted by Crippen LogP contribution is 2.40.